The lowest BCUT2D eigenvalue weighted by Gasteiger charge is -2.11. The zero-order valence-electron chi connectivity index (χ0n) is 8.47. The number of carbonyl (C=O) groups excluding carboxylic acids is 1. The van der Waals surface area contributed by atoms with E-state index in [9.17, 15) is 4.79 Å². The Bertz CT molecular complexity index is 366. The Balaban J connectivity index is 2.62. The molecule has 0 saturated carbocycles. The molecule has 0 aliphatic carbocycles. The molecule has 15 heavy (non-hydrogen) atoms. The van der Waals surface area contributed by atoms with Crippen LogP contribution in [0.4, 0.5) is 5.69 Å². The Morgan fingerprint density at radius 3 is 2.53 bits per heavy atom. The number of hydrogen-bond donors (Lipinski definition) is 2. The molecule has 0 saturated heterocycles. The highest BCUT2D eigenvalue weighted by Crippen LogP contribution is 2.24. The molecule has 0 atom stereocenters. The van der Waals surface area contributed by atoms with Crippen molar-refractivity contribution in [2.75, 3.05) is 5.43 Å². The van der Waals surface area contributed by atoms with Gasteiger partial charge in [0.2, 0.25) is 5.91 Å². The number of anilines is 1. The van der Waals surface area contributed by atoms with Gasteiger partial charge in [0, 0.05) is 10.9 Å². The summed E-state index contributed by atoms with van der Waals surface area (Å²) in [6, 6.07) is 5.00. The van der Waals surface area contributed by atoms with E-state index in [-0.39, 0.29) is 11.8 Å². The summed E-state index contributed by atoms with van der Waals surface area (Å²) < 4.78 is 0. The van der Waals surface area contributed by atoms with Gasteiger partial charge in [0.25, 0.3) is 0 Å². The number of nitrogens with one attached hydrogen (secondary N) is 2. The molecule has 2 N–H and O–H groups in total. The zero-order chi connectivity index (χ0) is 11.4. The summed E-state index contributed by atoms with van der Waals surface area (Å²) in [6.07, 6.45) is 0. The summed E-state index contributed by atoms with van der Waals surface area (Å²) in [5.41, 5.74) is 5.89. The molecule has 1 amide bonds. The van der Waals surface area contributed by atoms with Gasteiger partial charge in [0.05, 0.1) is 10.7 Å². The van der Waals surface area contributed by atoms with E-state index in [0.717, 1.165) is 0 Å². The topological polar surface area (TPSA) is 41.1 Å². The van der Waals surface area contributed by atoms with E-state index >= 15 is 0 Å². The van der Waals surface area contributed by atoms with Crippen molar-refractivity contribution in [3.05, 3.63) is 28.2 Å². The van der Waals surface area contributed by atoms with Gasteiger partial charge < -0.3 is 0 Å². The number of hydrogen-bond acceptors (Lipinski definition) is 2. The second kappa shape index (κ2) is 5.24. The molecule has 5 heteroatoms. The average molecular weight is 247 g/mol. The minimum Gasteiger partial charge on any atom is -0.297 e. The standard InChI is InChI=1S/C10H12Cl2N2O/c1-6(2)10(15)14-13-9-4-3-7(11)5-8(9)12/h3-6,13H,1-2H3,(H,14,15). The van der Waals surface area contributed by atoms with Gasteiger partial charge in [-0.15, -0.1) is 0 Å². The maximum atomic E-state index is 11.3. The van der Waals surface area contributed by atoms with Crippen LogP contribution in [0.1, 0.15) is 13.8 Å². The van der Waals surface area contributed by atoms with Gasteiger partial charge in [-0.05, 0) is 18.2 Å². The summed E-state index contributed by atoms with van der Waals surface area (Å²) in [7, 11) is 0. The molecular weight excluding hydrogens is 235 g/mol. The molecule has 0 spiro atoms. The third-order valence-electron chi connectivity index (χ3n) is 1.78. The fourth-order valence-corrected chi connectivity index (χ4v) is 1.32. The van der Waals surface area contributed by atoms with E-state index in [2.05, 4.69) is 10.9 Å². The summed E-state index contributed by atoms with van der Waals surface area (Å²) in [6.45, 7) is 3.61. The number of benzene rings is 1. The van der Waals surface area contributed by atoms with Crippen LogP contribution in [-0.2, 0) is 4.79 Å². The first-order chi connectivity index (χ1) is 7.00. The number of carbonyl (C=O) groups is 1. The van der Waals surface area contributed by atoms with Crippen LogP contribution in [0.5, 0.6) is 0 Å². The van der Waals surface area contributed by atoms with E-state index in [1.165, 1.54) is 0 Å². The lowest BCUT2D eigenvalue weighted by atomic mass is 10.2. The lowest BCUT2D eigenvalue weighted by molar-refractivity contribution is -0.123. The van der Waals surface area contributed by atoms with Crippen molar-refractivity contribution in [3.8, 4) is 0 Å². The molecule has 0 bridgehead atoms. The van der Waals surface area contributed by atoms with Crippen LogP contribution in [0.15, 0.2) is 18.2 Å². The van der Waals surface area contributed by atoms with Gasteiger partial charge in [-0.1, -0.05) is 37.0 Å². The molecule has 1 aromatic carbocycles. The molecule has 1 aromatic rings. The van der Waals surface area contributed by atoms with E-state index in [0.29, 0.717) is 15.7 Å². The zero-order valence-corrected chi connectivity index (χ0v) is 9.99. The predicted molar refractivity (Wildman–Crippen MR) is 63.1 cm³/mol. The number of amides is 1. The maximum Gasteiger partial charge on any atom is 0.240 e. The highest BCUT2D eigenvalue weighted by molar-refractivity contribution is 6.36. The smallest absolute Gasteiger partial charge is 0.240 e. The van der Waals surface area contributed by atoms with Crippen molar-refractivity contribution in [2.45, 2.75) is 13.8 Å². The first-order valence-corrected chi connectivity index (χ1v) is 5.27. The second-order valence-electron chi connectivity index (χ2n) is 3.39. The first kappa shape index (κ1) is 12.1. The van der Waals surface area contributed by atoms with Crippen LogP contribution < -0.4 is 10.9 Å². The third-order valence-corrected chi connectivity index (χ3v) is 2.32. The van der Waals surface area contributed by atoms with Crippen LogP contribution in [0.3, 0.4) is 0 Å². The van der Waals surface area contributed by atoms with Gasteiger partial charge in [0.1, 0.15) is 0 Å². The van der Waals surface area contributed by atoms with E-state index in [4.69, 9.17) is 23.2 Å². The number of halogens is 2. The van der Waals surface area contributed by atoms with E-state index in [1.807, 2.05) is 0 Å². The fraction of sp³-hybridized carbons (Fsp3) is 0.300. The van der Waals surface area contributed by atoms with Crippen LogP contribution in [0, 0.1) is 5.92 Å². The summed E-state index contributed by atoms with van der Waals surface area (Å²) in [4.78, 5) is 11.3. The van der Waals surface area contributed by atoms with Gasteiger partial charge >= 0.3 is 0 Å². The van der Waals surface area contributed by atoms with Crippen molar-refractivity contribution in [2.24, 2.45) is 5.92 Å². The molecule has 0 unspecified atom stereocenters. The molecule has 3 nitrogen and oxygen atoms in total. The maximum absolute atomic E-state index is 11.3. The van der Waals surface area contributed by atoms with Crippen LogP contribution in [-0.4, -0.2) is 5.91 Å². The monoisotopic (exact) mass is 246 g/mol. The van der Waals surface area contributed by atoms with Crippen molar-refractivity contribution in [1.29, 1.82) is 0 Å². The molecule has 0 radical (unpaired) electrons. The van der Waals surface area contributed by atoms with Crippen molar-refractivity contribution < 1.29 is 4.79 Å². The van der Waals surface area contributed by atoms with E-state index < -0.39 is 0 Å². The first-order valence-electron chi connectivity index (χ1n) is 4.51. The Morgan fingerprint density at radius 2 is 2.00 bits per heavy atom. The SMILES string of the molecule is CC(C)C(=O)NNc1ccc(Cl)cc1Cl. The van der Waals surface area contributed by atoms with Gasteiger partial charge in [-0.25, -0.2) is 0 Å². The van der Waals surface area contributed by atoms with Crippen LogP contribution >= 0.6 is 23.2 Å². The third kappa shape index (κ3) is 3.61. The number of rotatable bonds is 3. The minimum atomic E-state index is -0.0963. The lowest BCUT2D eigenvalue weighted by Crippen LogP contribution is -2.32. The fourth-order valence-electron chi connectivity index (χ4n) is 0.864. The van der Waals surface area contributed by atoms with Crippen molar-refractivity contribution in [3.63, 3.8) is 0 Å². The Hall–Kier alpha value is -0.930. The van der Waals surface area contributed by atoms with Gasteiger partial charge in [-0.3, -0.25) is 15.6 Å². The molecule has 82 valence electrons. The molecule has 0 aromatic heterocycles. The van der Waals surface area contributed by atoms with Gasteiger partial charge in [0.15, 0.2) is 0 Å². The van der Waals surface area contributed by atoms with Crippen molar-refractivity contribution in [1.82, 2.24) is 5.43 Å². The van der Waals surface area contributed by atoms with Crippen LogP contribution in [0.2, 0.25) is 10.0 Å². The molecule has 1 rings (SSSR count). The highest BCUT2D eigenvalue weighted by atomic mass is 35.5. The Kier molecular flexibility index (Phi) is 4.24. The number of hydrazine groups is 1. The van der Waals surface area contributed by atoms with Crippen LogP contribution in [0.25, 0.3) is 0 Å². The van der Waals surface area contributed by atoms with Gasteiger partial charge in [-0.2, -0.15) is 0 Å². The summed E-state index contributed by atoms with van der Waals surface area (Å²) in [5.74, 6) is -0.176. The molecule has 0 aliphatic heterocycles. The largest absolute Gasteiger partial charge is 0.297 e. The van der Waals surface area contributed by atoms with E-state index in [1.54, 1.807) is 32.0 Å². The second-order valence-corrected chi connectivity index (χ2v) is 4.24. The molecule has 0 aliphatic rings. The summed E-state index contributed by atoms with van der Waals surface area (Å²) >= 11 is 11.6. The molecule has 0 fully saturated rings. The van der Waals surface area contributed by atoms with Crippen molar-refractivity contribution >= 4 is 34.8 Å². The summed E-state index contributed by atoms with van der Waals surface area (Å²) in [5, 5.41) is 1.02. The quantitative estimate of drug-likeness (QED) is 0.806. The Morgan fingerprint density at radius 1 is 1.33 bits per heavy atom. The predicted octanol–water partition coefficient (Wildman–Crippen LogP) is 3.09. The highest BCUT2D eigenvalue weighted by Gasteiger charge is 2.06. The molecular formula is C10H12Cl2N2O. The normalized spacial score (nSPS) is 10.2. The molecule has 0 heterocycles. The average Bonchev–Trinajstić information content (AvgIpc) is 2.15. The Labute approximate surface area is 98.7 Å². The minimum absolute atomic E-state index is 0.0800.